The molecular weight excluding hydrogens is 130 g/mol. The monoisotopic (exact) mass is 147 g/mol. The molecule has 0 atom stereocenters. The Morgan fingerprint density at radius 3 is 1.89 bits per heavy atom. The molecule has 1 N–H and O–H groups in total. The second-order valence-electron chi connectivity index (χ2n) is 3.32. The van der Waals surface area contributed by atoms with Gasteiger partial charge in [0, 0.05) is 6.54 Å². The normalized spacial score (nSPS) is 12.7. The molecule has 0 aromatic carbocycles. The molecule has 0 aliphatic carbocycles. The lowest BCUT2D eigenvalue weighted by Crippen LogP contribution is -2.44. The van der Waals surface area contributed by atoms with E-state index in [0.29, 0.717) is 0 Å². The summed E-state index contributed by atoms with van der Waals surface area (Å²) in [5.74, 6) is 0. The highest BCUT2D eigenvalue weighted by atomic mass is 28.3. The van der Waals surface area contributed by atoms with Crippen molar-refractivity contribution in [2.24, 2.45) is 0 Å². The second kappa shape index (κ2) is 3.34. The Bertz CT molecular complexity index is 79.6. The fourth-order valence-corrected chi connectivity index (χ4v) is 1.26. The number of aliphatic hydroxyl groups excluding tert-OH is 1. The van der Waals surface area contributed by atoms with Gasteiger partial charge in [-0.1, -0.05) is 19.6 Å². The van der Waals surface area contributed by atoms with Gasteiger partial charge in [0.15, 0.2) is 0 Å². The van der Waals surface area contributed by atoms with Crippen LogP contribution in [0.1, 0.15) is 0 Å². The van der Waals surface area contributed by atoms with Crippen molar-refractivity contribution in [2.45, 2.75) is 19.6 Å². The number of nitrogens with zero attached hydrogens (tertiary/aromatic N) is 1. The van der Waals surface area contributed by atoms with Gasteiger partial charge in [0.05, 0.1) is 6.61 Å². The van der Waals surface area contributed by atoms with Gasteiger partial charge >= 0.3 is 0 Å². The van der Waals surface area contributed by atoms with Crippen LogP contribution in [-0.4, -0.2) is 38.1 Å². The minimum Gasteiger partial charge on any atom is -0.395 e. The van der Waals surface area contributed by atoms with Gasteiger partial charge in [0.1, 0.15) is 8.24 Å². The highest BCUT2D eigenvalue weighted by Crippen LogP contribution is 2.04. The number of hydrogen-bond acceptors (Lipinski definition) is 2. The molecule has 0 heterocycles. The van der Waals surface area contributed by atoms with Gasteiger partial charge < -0.3 is 9.67 Å². The standard InChI is InChI=1S/C6H17NOSi/c1-7(5-6-8)9(2,3)4/h8H,5-6H2,1-4H3. The Hall–Kier alpha value is 0.137. The molecule has 3 heteroatoms. The summed E-state index contributed by atoms with van der Waals surface area (Å²) in [7, 11) is 0.964. The Balaban J connectivity index is 3.59. The minimum absolute atomic E-state index is 0.279. The predicted molar refractivity (Wildman–Crippen MR) is 43.1 cm³/mol. The zero-order chi connectivity index (χ0) is 7.49. The van der Waals surface area contributed by atoms with E-state index in [4.69, 9.17) is 5.11 Å². The number of hydrogen-bond donors (Lipinski definition) is 1. The molecule has 0 aromatic rings. The van der Waals surface area contributed by atoms with Crippen LogP contribution in [0.5, 0.6) is 0 Å². The third-order valence-corrected chi connectivity index (χ3v) is 4.09. The Morgan fingerprint density at radius 1 is 1.33 bits per heavy atom. The van der Waals surface area contributed by atoms with Crippen molar-refractivity contribution in [1.29, 1.82) is 0 Å². The van der Waals surface area contributed by atoms with Crippen LogP contribution in [0, 0.1) is 0 Å². The highest BCUT2D eigenvalue weighted by molar-refractivity contribution is 6.73. The first-order valence-electron chi connectivity index (χ1n) is 3.30. The van der Waals surface area contributed by atoms with Gasteiger partial charge in [-0.2, -0.15) is 0 Å². The lowest BCUT2D eigenvalue weighted by molar-refractivity contribution is 0.264. The van der Waals surface area contributed by atoms with E-state index in [1.807, 2.05) is 0 Å². The molecule has 2 nitrogen and oxygen atoms in total. The molecule has 0 fully saturated rings. The van der Waals surface area contributed by atoms with E-state index in [0.717, 1.165) is 6.54 Å². The fraction of sp³-hybridized carbons (Fsp3) is 1.00. The third kappa shape index (κ3) is 3.67. The number of rotatable bonds is 3. The summed E-state index contributed by atoms with van der Waals surface area (Å²) in [5, 5.41) is 8.58. The van der Waals surface area contributed by atoms with Gasteiger partial charge in [-0.3, -0.25) is 0 Å². The van der Waals surface area contributed by atoms with E-state index >= 15 is 0 Å². The lowest BCUT2D eigenvalue weighted by Gasteiger charge is -2.28. The molecule has 0 aliphatic rings. The van der Waals surface area contributed by atoms with Crippen LogP contribution >= 0.6 is 0 Å². The van der Waals surface area contributed by atoms with Crippen LogP contribution in [0.3, 0.4) is 0 Å². The molecular formula is C6H17NOSi. The molecule has 0 saturated heterocycles. The van der Waals surface area contributed by atoms with Crippen molar-refractivity contribution in [3.63, 3.8) is 0 Å². The van der Waals surface area contributed by atoms with Crippen LogP contribution in [0.25, 0.3) is 0 Å². The first-order chi connectivity index (χ1) is 3.98. The van der Waals surface area contributed by atoms with Crippen LogP contribution < -0.4 is 0 Å². The zero-order valence-electron chi connectivity index (χ0n) is 6.81. The third-order valence-electron chi connectivity index (χ3n) is 1.58. The minimum atomic E-state index is -1.11. The maximum atomic E-state index is 8.58. The summed E-state index contributed by atoms with van der Waals surface area (Å²) in [6, 6.07) is 0. The SMILES string of the molecule is CN(CCO)[Si](C)(C)C. The number of likely N-dealkylation sites (N-methyl/N-ethyl adjacent to an activating group) is 1. The molecule has 56 valence electrons. The van der Waals surface area contributed by atoms with Gasteiger partial charge in [-0.15, -0.1) is 0 Å². The summed E-state index contributed by atoms with van der Waals surface area (Å²) in [6.45, 7) is 7.89. The molecule has 0 aliphatic heterocycles. The maximum absolute atomic E-state index is 8.58. The summed E-state index contributed by atoms with van der Waals surface area (Å²) in [5.41, 5.74) is 0. The molecule has 0 radical (unpaired) electrons. The van der Waals surface area contributed by atoms with Gasteiger partial charge in [-0.25, -0.2) is 0 Å². The highest BCUT2D eigenvalue weighted by Gasteiger charge is 2.18. The average Bonchev–Trinajstić information content (AvgIpc) is 1.64. The first-order valence-corrected chi connectivity index (χ1v) is 6.75. The van der Waals surface area contributed by atoms with Crippen molar-refractivity contribution in [3.8, 4) is 0 Å². The van der Waals surface area contributed by atoms with Crippen LogP contribution in [0.15, 0.2) is 0 Å². The molecule has 0 aromatic heterocycles. The van der Waals surface area contributed by atoms with E-state index < -0.39 is 8.24 Å². The molecule has 0 saturated carbocycles. The van der Waals surface area contributed by atoms with Crippen LogP contribution in [0.2, 0.25) is 19.6 Å². The summed E-state index contributed by atoms with van der Waals surface area (Å²) in [6.07, 6.45) is 0. The molecule has 9 heavy (non-hydrogen) atoms. The summed E-state index contributed by atoms with van der Waals surface area (Å²) in [4.78, 5) is 0. The fourth-order valence-electron chi connectivity index (χ4n) is 0.485. The van der Waals surface area contributed by atoms with Crippen molar-refractivity contribution < 1.29 is 5.11 Å². The number of aliphatic hydroxyl groups is 1. The topological polar surface area (TPSA) is 23.5 Å². The Morgan fingerprint density at radius 2 is 1.78 bits per heavy atom. The smallest absolute Gasteiger partial charge is 0.118 e. The maximum Gasteiger partial charge on any atom is 0.118 e. The molecule has 0 unspecified atom stereocenters. The van der Waals surface area contributed by atoms with E-state index in [2.05, 4.69) is 31.3 Å². The summed E-state index contributed by atoms with van der Waals surface area (Å²) >= 11 is 0. The van der Waals surface area contributed by atoms with Gasteiger partial charge in [0.2, 0.25) is 0 Å². The molecule has 0 bridgehead atoms. The zero-order valence-corrected chi connectivity index (χ0v) is 7.81. The predicted octanol–water partition coefficient (Wildman–Crippen LogP) is 0.745. The molecule has 0 amide bonds. The Kier molecular flexibility index (Phi) is 3.39. The van der Waals surface area contributed by atoms with E-state index in [1.54, 1.807) is 0 Å². The average molecular weight is 147 g/mol. The first kappa shape index (κ1) is 9.14. The van der Waals surface area contributed by atoms with Crippen molar-refractivity contribution in [1.82, 2.24) is 4.57 Å². The van der Waals surface area contributed by atoms with Crippen LogP contribution in [-0.2, 0) is 0 Å². The lowest BCUT2D eigenvalue weighted by atomic mass is 10.7. The quantitative estimate of drug-likeness (QED) is 0.595. The summed E-state index contributed by atoms with van der Waals surface area (Å²) < 4.78 is 2.26. The van der Waals surface area contributed by atoms with E-state index in [1.165, 1.54) is 0 Å². The molecule has 0 rings (SSSR count). The van der Waals surface area contributed by atoms with Crippen molar-refractivity contribution in [3.05, 3.63) is 0 Å². The largest absolute Gasteiger partial charge is 0.395 e. The van der Waals surface area contributed by atoms with Crippen molar-refractivity contribution >= 4 is 8.24 Å². The van der Waals surface area contributed by atoms with Gasteiger partial charge in [0.25, 0.3) is 0 Å². The van der Waals surface area contributed by atoms with Crippen molar-refractivity contribution in [2.75, 3.05) is 20.2 Å². The Labute approximate surface area is 58.6 Å². The van der Waals surface area contributed by atoms with Gasteiger partial charge in [-0.05, 0) is 7.05 Å². The second-order valence-corrected chi connectivity index (χ2v) is 8.42. The molecule has 0 spiro atoms. The van der Waals surface area contributed by atoms with E-state index in [9.17, 15) is 0 Å². The van der Waals surface area contributed by atoms with Crippen LogP contribution in [0.4, 0.5) is 0 Å². The van der Waals surface area contributed by atoms with E-state index in [-0.39, 0.29) is 6.61 Å².